The molecule has 2 rings (SSSR count). The van der Waals surface area contributed by atoms with Gasteiger partial charge in [0, 0.05) is 24.7 Å². The first-order valence-electron chi connectivity index (χ1n) is 6.25. The molecule has 0 radical (unpaired) electrons. The Hall–Kier alpha value is -1.74. The van der Waals surface area contributed by atoms with E-state index in [0.717, 1.165) is 30.0 Å². The Kier molecular flexibility index (Phi) is 4.05. The van der Waals surface area contributed by atoms with Gasteiger partial charge in [-0.15, -0.1) is 0 Å². The molecular formula is C15H19N3. The highest BCUT2D eigenvalue weighted by Crippen LogP contribution is 2.19. The molecule has 0 spiro atoms. The van der Waals surface area contributed by atoms with Crippen molar-refractivity contribution in [1.82, 2.24) is 15.3 Å². The van der Waals surface area contributed by atoms with Crippen LogP contribution < -0.4 is 5.32 Å². The first kappa shape index (κ1) is 12.7. The SMILES string of the molecule is CNCCc1nccc(-c2ccc(C)c(C)c2)n1. The molecule has 0 aliphatic heterocycles. The third-order valence-corrected chi connectivity index (χ3v) is 3.11. The van der Waals surface area contributed by atoms with E-state index in [2.05, 4.69) is 47.3 Å². The van der Waals surface area contributed by atoms with Crippen LogP contribution in [0, 0.1) is 13.8 Å². The topological polar surface area (TPSA) is 37.8 Å². The lowest BCUT2D eigenvalue weighted by Crippen LogP contribution is -2.12. The lowest BCUT2D eigenvalue weighted by atomic mass is 10.0. The van der Waals surface area contributed by atoms with Crippen LogP contribution in [-0.4, -0.2) is 23.6 Å². The molecule has 3 heteroatoms. The van der Waals surface area contributed by atoms with Gasteiger partial charge >= 0.3 is 0 Å². The normalized spacial score (nSPS) is 10.6. The summed E-state index contributed by atoms with van der Waals surface area (Å²) in [5.74, 6) is 0.889. The fourth-order valence-electron chi connectivity index (χ4n) is 1.82. The van der Waals surface area contributed by atoms with Gasteiger partial charge in [0.25, 0.3) is 0 Å². The molecule has 1 aromatic carbocycles. The maximum absolute atomic E-state index is 4.60. The fourth-order valence-corrected chi connectivity index (χ4v) is 1.82. The number of likely N-dealkylation sites (N-methyl/N-ethyl adjacent to an activating group) is 1. The molecule has 2 aromatic rings. The molecule has 0 atom stereocenters. The lowest BCUT2D eigenvalue weighted by molar-refractivity contribution is 0.756. The minimum atomic E-state index is 0.856. The van der Waals surface area contributed by atoms with Crippen LogP contribution >= 0.6 is 0 Å². The van der Waals surface area contributed by atoms with Gasteiger partial charge in [-0.25, -0.2) is 9.97 Å². The summed E-state index contributed by atoms with van der Waals surface area (Å²) in [5, 5.41) is 3.11. The second kappa shape index (κ2) is 5.74. The van der Waals surface area contributed by atoms with E-state index in [0.29, 0.717) is 0 Å². The summed E-state index contributed by atoms with van der Waals surface area (Å²) in [6.07, 6.45) is 2.69. The van der Waals surface area contributed by atoms with E-state index in [9.17, 15) is 0 Å². The summed E-state index contributed by atoms with van der Waals surface area (Å²) in [5.41, 5.74) is 4.76. The summed E-state index contributed by atoms with van der Waals surface area (Å²) in [6, 6.07) is 8.40. The van der Waals surface area contributed by atoms with Crippen LogP contribution in [0.15, 0.2) is 30.5 Å². The first-order chi connectivity index (χ1) is 8.70. The number of nitrogens with one attached hydrogen (secondary N) is 1. The van der Waals surface area contributed by atoms with Crippen molar-refractivity contribution >= 4 is 0 Å². The Balaban J connectivity index is 2.29. The van der Waals surface area contributed by atoms with Crippen molar-refractivity contribution in [3.05, 3.63) is 47.4 Å². The second-order valence-electron chi connectivity index (χ2n) is 4.51. The number of nitrogens with zero attached hydrogens (tertiary/aromatic N) is 2. The Labute approximate surface area is 108 Å². The van der Waals surface area contributed by atoms with Crippen LogP contribution in [0.1, 0.15) is 17.0 Å². The maximum atomic E-state index is 4.60. The van der Waals surface area contributed by atoms with E-state index in [4.69, 9.17) is 0 Å². The molecule has 0 unspecified atom stereocenters. The van der Waals surface area contributed by atoms with Crippen molar-refractivity contribution in [3.8, 4) is 11.3 Å². The quantitative estimate of drug-likeness (QED) is 0.893. The summed E-state index contributed by atoms with van der Waals surface area (Å²) in [6.45, 7) is 5.15. The maximum Gasteiger partial charge on any atom is 0.130 e. The monoisotopic (exact) mass is 241 g/mol. The van der Waals surface area contributed by atoms with Gasteiger partial charge in [-0.3, -0.25) is 0 Å². The van der Waals surface area contributed by atoms with Gasteiger partial charge in [-0.1, -0.05) is 12.1 Å². The van der Waals surface area contributed by atoms with E-state index >= 15 is 0 Å². The average molecular weight is 241 g/mol. The standard InChI is InChI=1S/C15H19N3/c1-11-4-5-13(10-12(11)2)14-6-9-17-15(18-14)7-8-16-3/h4-6,9-10,16H,7-8H2,1-3H3. The smallest absolute Gasteiger partial charge is 0.130 e. The minimum absolute atomic E-state index is 0.856. The predicted octanol–water partition coefficient (Wildman–Crippen LogP) is 2.52. The van der Waals surface area contributed by atoms with Crippen molar-refractivity contribution < 1.29 is 0 Å². The van der Waals surface area contributed by atoms with Gasteiger partial charge in [0.05, 0.1) is 5.69 Å². The molecule has 1 aromatic heterocycles. The van der Waals surface area contributed by atoms with Crippen molar-refractivity contribution in [2.75, 3.05) is 13.6 Å². The summed E-state index contributed by atoms with van der Waals surface area (Å²) >= 11 is 0. The highest BCUT2D eigenvalue weighted by Gasteiger charge is 2.03. The molecule has 0 bridgehead atoms. The number of aryl methyl sites for hydroxylation is 2. The molecule has 0 fully saturated rings. The third kappa shape index (κ3) is 2.93. The molecule has 1 N–H and O–H groups in total. The van der Waals surface area contributed by atoms with Crippen molar-refractivity contribution in [3.63, 3.8) is 0 Å². The molecule has 3 nitrogen and oxygen atoms in total. The Bertz CT molecular complexity index is 535. The van der Waals surface area contributed by atoms with Gasteiger partial charge < -0.3 is 5.32 Å². The minimum Gasteiger partial charge on any atom is -0.319 e. The zero-order valence-electron chi connectivity index (χ0n) is 11.2. The number of benzene rings is 1. The molecule has 0 saturated heterocycles. The van der Waals surface area contributed by atoms with E-state index in [-0.39, 0.29) is 0 Å². The highest BCUT2D eigenvalue weighted by molar-refractivity contribution is 5.60. The van der Waals surface area contributed by atoms with Crippen LogP contribution in [0.25, 0.3) is 11.3 Å². The van der Waals surface area contributed by atoms with Crippen molar-refractivity contribution in [1.29, 1.82) is 0 Å². The van der Waals surface area contributed by atoms with E-state index in [1.165, 1.54) is 11.1 Å². The Morgan fingerprint density at radius 1 is 1.11 bits per heavy atom. The van der Waals surface area contributed by atoms with Gasteiger partial charge in [0.2, 0.25) is 0 Å². The molecular weight excluding hydrogens is 222 g/mol. The first-order valence-corrected chi connectivity index (χ1v) is 6.25. The van der Waals surface area contributed by atoms with Crippen molar-refractivity contribution in [2.24, 2.45) is 0 Å². The Morgan fingerprint density at radius 2 is 1.94 bits per heavy atom. The molecule has 0 saturated carbocycles. The summed E-state index contributed by atoms with van der Waals surface area (Å²) in [7, 11) is 1.94. The van der Waals surface area contributed by atoms with Gasteiger partial charge in [0.15, 0.2) is 0 Å². The zero-order valence-corrected chi connectivity index (χ0v) is 11.2. The summed E-state index contributed by atoms with van der Waals surface area (Å²) < 4.78 is 0. The summed E-state index contributed by atoms with van der Waals surface area (Å²) in [4.78, 5) is 8.89. The molecule has 0 aliphatic rings. The van der Waals surface area contributed by atoms with E-state index < -0.39 is 0 Å². The van der Waals surface area contributed by atoms with Gasteiger partial charge in [0.1, 0.15) is 5.82 Å². The van der Waals surface area contributed by atoms with E-state index in [1.54, 1.807) is 0 Å². The lowest BCUT2D eigenvalue weighted by Gasteiger charge is -2.06. The molecule has 18 heavy (non-hydrogen) atoms. The van der Waals surface area contributed by atoms with Gasteiger partial charge in [-0.2, -0.15) is 0 Å². The molecule has 94 valence electrons. The zero-order chi connectivity index (χ0) is 13.0. The third-order valence-electron chi connectivity index (χ3n) is 3.11. The van der Waals surface area contributed by atoms with Crippen LogP contribution in [0.2, 0.25) is 0 Å². The van der Waals surface area contributed by atoms with Crippen molar-refractivity contribution in [2.45, 2.75) is 20.3 Å². The molecule has 0 aliphatic carbocycles. The van der Waals surface area contributed by atoms with Crippen LogP contribution in [0.5, 0.6) is 0 Å². The van der Waals surface area contributed by atoms with Crippen LogP contribution in [-0.2, 0) is 6.42 Å². The predicted molar refractivity (Wildman–Crippen MR) is 74.6 cm³/mol. The Morgan fingerprint density at radius 3 is 2.67 bits per heavy atom. The van der Waals surface area contributed by atoms with E-state index in [1.807, 2.05) is 19.3 Å². The second-order valence-corrected chi connectivity index (χ2v) is 4.51. The number of aromatic nitrogens is 2. The number of hydrogen-bond acceptors (Lipinski definition) is 3. The average Bonchev–Trinajstić information content (AvgIpc) is 2.40. The van der Waals surface area contributed by atoms with Crippen LogP contribution in [0.3, 0.4) is 0 Å². The number of hydrogen-bond donors (Lipinski definition) is 1. The fraction of sp³-hybridized carbons (Fsp3) is 0.333. The van der Waals surface area contributed by atoms with Gasteiger partial charge in [-0.05, 0) is 44.2 Å². The molecule has 0 amide bonds. The largest absolute Gasteiger partial charge is 0.319 e. The highest BCUT2D eigenvalue weighted by atomic mass is 14.9. The van der Waals surface area contributed by atoms with Crippen LogP contribution in [0.4, 0.5) is 0 Å². The molecule has 1 heterocycles. The number of rotatable bonds is 4.